The molecular formula is C12H14BrNO5S. The Morgan fingerprint density at radius 1 is 1.50 bits per heavy atom. The van der Waals surface area contributed by atoms with E-state index in [1.807, 2.05) is 0 Å². The van der Waals surface area contributed by atoms with Gasteiger partial charge in [-0.1, -0.05) is 15.9 Å². The van der Waals surface area contributed by atoms with Crippen LogP contribution >= 0.6 is 15.9 Å². The highest BCUT2D eigenvalue weighted by Gasteiger charge is 2.39. The summed E-state index contributed by atoms with van der Waals surface area (Å²) in [7, 11) is -2.60. The molecule has 1 aromatic carbocycles. The summed E-state index contributed by atoms with van der Waals surface area (Å²) >= 11 is 3.19. The lowest BCUT2D eigenvalue weighted by Crippen LogP contribution is -2.42. The second-order valence-corrected chi connectivity index (χ2v) is 7.17. The van der Waals surface area contributed by atoms with E-state index >= 15 is 0 Å². The van der Waals surface area contributed by atoms with Crippen molar-refractivity contribution in [1.29, 1.82) is 0 Å². The first-order chi connectivity index (χ1) is 9.35. The maximum atomic E-state index is 12.3. The van der Waals surface area contributed by atoms with E-state index in [9.17, 15) is 13.2 Å². The predicted molar refractivity (Wildman–Crippen MR) is 75.2 cm³/mol. The summed E-state index contributed by atoms with van der Waals surface area (Å²) in [5, 5.41) is 9.11. The van der Waals surface area contributed by atoms with E-state index in [4.69, 9.17) is 9.84 Å². The monoisotopic (exact) mass is 363 g/mol. The first-order valence-corrected chi connectivity index (χ1v) is 8.21. The zero-order valence-corrected chi connectivity index (χ0v) is 13.1. The van der Waals surface area contributed by atoms with E-state index in [2.05, 4.69) is 20.7 Å². The third-order valence-electron chi connectivity index (χ3n) is 3.06. The van der Waals surface area contributed by atoms with Gasteiger partial charge in [-0.25, -0.2) is 8.42 Å². The third-order valence-corrected chi connectivity index (χ3v) is 5.01. The molecule has 8 heteroatoms. The van der Waals surface area contributed by atoms with Crippen molar-refractivity contribution < 1.29 is 23.1 Å². The van der Waals surface area contributed by atoms with Gasteiger partial charge in [0.05, 0.1) is 7.11 Å². The number of sulfonamides is 1. The number of hydrogen-bond acceptors (Lipinski definition) is 4. The fourth-order valence-corrected chi connectivity index (χ4v) is 3.83. The number of nitrogens with one attached hydrogen (secondary N) is 1. The summed E-state index contributed by atoms with van der Waals surface area (Å²) < 4.78 is 32.5. The molecule has 1 aliphatic rings. The van der Waals surface area contributed by atoms with Gasteiger partial charge in [0.2, 0.25) is 10.0 Å². The average Bonchev–Trinajstić information content (AvgIpc) is 3.20. The van der Waals surface area contributed by atoms with Gasteiger partial charge in [-0.3, -0.25) is 4.79 Å². The van der Waals surface area contributed by atoms with E-state index in [1.54, 1.807) is 6.07 Å². The SMILES string of the molecule is COc1ccc(Br)cc1S(=O)(=O)NC(C(=O)O)C1CC1. The van der Waals surface area contributed by atoms with Crippen molar-refractivity contribution in [3.05, 3.63) is 22.7 Å². The minimum Gasteiger partial charge on any atom is -0.495 e. The van der Waals surface area contributed by atoms with Crippen LogP contribution in [0.4, 0.5) is 0 Å². The molecule has 1 unspecified atom stereocenters. The highest BCUT2D eigenvalue weighted by Crippen LogP contribution is 2.34. The summed E-state index contributed by atoms with van der Waals surface area (Å²) in [6, 6.07) is 3.44. The molecule has 6 nitrogen and oxygen atoms in total. The van der Waals surface area contributed by atoms with Crippen LogP contribution in [-0.4, -0.2) is 32.6 Å². The van der Waals surface area contributed by atoms with E-state index < -0.39 is 22.0 Å². The number of rotatable bonds is 6. The fraction of sp³-hybridized carbons (Fsp3) is 0.417. The number of halogens is 1. The number of carboxylic acids is 1. The van der Waals surface area contributed by atoms with Gasteiger partial charge in [-0.15, -0.1) is 0 Å². The first-order valence-electron chi connectivity index (χ1n) is 5.94. The lowest BCUT2D eigenvalue weighted by Gasteiger charge is -2.16. The standard InChI is InChI=1S/C12H14BrNO5S/c1-19-9-5-4-8(13)6-10(9)20(17,18)14-11(12(15)16)7-2-3-7/h4-7,11,14H,2-3H2,1H3,(H,15,16). The maximum absolute atomic E-state index is 12.3. The number of ether oxygens (including phenoxy) is 1. The van der Waals surface area contributed by atoms with Crippen LogP contribution < -0.4 is 9.46 Å². The van der Waals surface area contributed by atoms with Crippen LogP contribution in [0.5, 0.6) is 5.75 Å². The van der Waals surface area contributed by atoms with E-state index in [0.717, 1.165) is 12.8 Å². The number of carbonyl (C=O) groups is 1. The normalized spacial score (nSPS) is 16.7. The second-order valence-electron chi connectivity index (χ2n) is 4.57. The Balaban J connectivity index is 2.34. The molecule has 1 saturated carbocycles. The molecule has 1 atom stereocenters. The van der Waals surface area contributed by atoms with Crippen molar-refractivity contribution in [3.8, 4) is 5.75 Å². The van der Waals surface area contributed by atoms with Crippen molar-refractivity contribution >= 4 is 31.9 Å². The lowest BCUT2D eigenvalue weighted by atomic mass is 10.2. The predicted octanol–water partition coefficient (Wildman–Crippen LogP) is 1.60. The average molecular weight is 364 g/mol. The molecule has 0 aliphatic heterocycles. The van der Waals surface area contributed by atoms with Crippen molar-refractivity contribution in [2.24, 2.45) is 5.92 Å². The highest BCUT2D eigenvalue weighted by atomic mass is 79.9. The van der Waals surface area contributed by atoms with E-state index in [1.165, 1.54) is 19.2 Å². The molecule has 0 bridgehead atoms. The molecule has 0 aromatic heterocycles. The van der Waals surface area contributed by atoms with Crippen molar-refractivity contribution in [2.45, 2.75) is 23.8 Å². The molecule has 2 N–H and O–H groups in total. The van der Waals surface area contributed by atoms with Crippen LogP contribution in [0.1, 0.15) is 12.8 Å². The Kier molecular flexibility index (Phi) is 4.36. The first kappa shape index (κ1) is 15.3. The maximum Gasteiger partial charge on any atom is 0.322 e. The summed E-state index contributed by atoms with van der Waals surface area (Å²) in [4.78, 5) is 11.1. The van der Waals surface area contributed by atoms with Crippen LogP contribution in [0.2, 0.25) is 0 Å². The van der Waals surface area contributed by atoms with Crippen LogP contribution in [0, 0.1) is 5.92 Å². The summed E-state index contributed by atoms with van der Waals surface area (Å²) in [5.74, 6) is -1.13. The Morgan fingerprint density at radius 2 is 2.15 bits per heavy atom. The number of hydrogen-bond donors (Lipinski definition) is 2. The van der Waals surface area contributed by atoms with Gasteiger partial charge in [0.1, 0.15) is 16.7 Å². The minimum atomic E-state index is -3.96. The molecule has 0 saturated heterocycles. The van der Waals surface area contributed by atoms with Gasteiger partial charge in [-0.2, -0.15) is 4.72 Å². The minimum absolute atomic E-state index is 0.0822. The molecule has 110 valence electrons. The second kappa shape index (κ2) is 5.71. The van der Waals surface area contributed by atoms with Crippen LogP contribution in [0.3, 0.4) is 0 Å². The topological polar surface area (TPSA) is 92.7 Å². The van der Waals surface area contributed by atoms with Crippen LogP contribution in [0.15, 0.2) is 27.6 Å². The van der Waals surface area contributed by atoms with Gasteiger partial charge in [0, 0.05) is 4.47 Å². The van der Waals surface area contributed by atoms with E-state index in [-0.39, 0.29) is 16.6 Å². The number of methoxy groups -OCH3 is 1. The quantitative estimate of drug-likeness (QED) is 0.800. The molecule has 2 rings (SSSR count). The molecule has 0 heterocycles. The zero-order valence-electron chi connectivity index (χ0n) is 10.7. The molecule has 1 fully saturated rings. The smallest absolute Gasteiger partial charge is 0.322 e. The van der Waals surface area contributed by atoms with Gasteiger partial charge >= 0.3 is 5.97 Å². The third kappa shape index (κ3) is 3.31. The Labute approximate surface area is 125 Å². The van der Waals surface area contributed by atoms with Crippen molar-refractivity contribution in [2.75, 3.05) is 7.11 Å². The summed E-state index contributed by atoms with van der Waals surface area (Å²) in [6.45, 7) is 0. The highest BCUT2D eigenvalue weighted by molar-refractivity contribution is 9.10. The zero-order chi connectivity index (χ0) is 14.9. The lowest BCUT2D eigenvalue weighted by molar-refractivity contribution is -0.139. The van der Waals surface area contributed by atoms with Crippen molar-refractivity contribution in [1.82, 2.24) is 4.72 Å². The molecule has 0 radical (unpaired) electrons. The number of carboxylic acid groups (broad SMARTS) is 1. The number of benzene rings is 1. The Bertz CT molecular complexity index is 627. The molecular weight excluding hydrogens is 350 g/mol. The van der Waals surface area contributed by atoms with Crippen LogP contribution in [0.25, 0.3) is 0 Å². The largest absolute Gasteiger partial charge is 0.495 e. The Morgan fingerprint density at radius 3 is 2.65 bits per heavy atom. The summed E-state index contributed by atoms with van der Waals surface area (Å²) in [6.07, 6.45) is 1.43. The molecule has 0 amide bonds. The van der Waals surface area contributed by atoms with Crippen LogP contribution in [-0.2, 0) is 14.8 Å². The summed E-state index contributed by atoms with van der Waals surface area (Å²) in [5.41, 5.74) is 0. The molecule has 20 heavy (non-hydrogen) atoms. The van der Waals surface area contributed by atoms with Gasteiger partial charge < -0.3 is 9.84 Å². The molecule has 0 spiro atoms. The van der Waals surface area contributed by atoms with Crippen molar-refractivity contribution in [3.63, 3.8) is 0 Å². The fourth-order valence-electron chi connectivity index (χ4n) is 1.87. The van der Waals surface area contributed by atoms with E-state index in [0.29, 0.717) is 4.47 Å². The number of aliphatic carboxylic acids is 1. The molecule has 1 aromatic rings. The Hall–Kier alpha value is -1.12. The van der Waals surface area contributed by atoms with Gasteiger partial charge in [0.15, 0.2) is 0 Å². The molecule has 1 aliphatic carbocycles. The van der Waals surface area contributed by atoms with Gasteiger partial charge in [0.25, 0.3) is 0 Å². The van der Waals surface area contributed by atoms with Gasteiger partial charge in [-0.05, 0) is 37.0 Å².